The summed E-state index contributed by atoms with van der Waals surface area (Å²) in [5.74, 6) is 1.25. The summed E-state index contributed by atoms with van der Waals surface area (Å²) in [6.45, 7) is 2.14. The Balaban J connectivity index is 2.02. The molecule has 2 aromatic heterocycles. The highest BCUT2D eigenvalue weighted by Crippen LogP contribution is 2.46. The lowest BCUT2D eigenvalue weighted by Gasteiger charge is -1.98. The average molecular weight is 216 g/mol. The Hall–Kier alpha value is -1.91. The third-order valence-corrected chi connectivity index (χ3v) is 3.05. The smallest absolute Gasteiger partial charge is 0.260 e. The molecule has 2 N–H and O–H groups in total. The number of nitrogen functional groups attached to an aromatic ring is 1. The van der Waals surface area contributed by atoms with Crippen LogP contribution in [-0.2, 0) is 5.41 Å². The zero-order chi connectivity index (χ0) is 11.2. The molecule has 82 valence electrons. The van der Waals surface area contributed by atoms with Gasteiger partial charge in [-0.3, -0.25) is 4.98 Å². The molecule has 0 aromatic carbocycles. The zero-order valence-electron chi connectivity index (χ0n) is 8.97. The van der Waals surface area contributed by atoms with Crippen molar-refractivity contribution in [3.05, 3.63) is 24.3 Å². The van der Waals surface area contributed by atoms with Gasteiger partial charge in [-0.05, 0) is 18.9 Å². The molecule has 1 aliphatic rings. The van der Waals surface area contributed by atoms with Gasteiger partial charge in [-0.2, -0.15) is 4.98 Å². The van der Waals surface area contributed by atoms with Gasteiger partial charge in [0.05, 0.1) is 17.4 Å². The maximum atomic E-state index is 5.80. The number of nitrogens with zero attached hydrogens (tertiary/aromatic N) is 3. The van der Waals surface area contributed by atoms with Gasteiger partial charge < -0.3 is 10.3 Å². The summed E-state index contributed by atoms with van der Waals surface area (Å²) in [6, 6.07) is 1.78. The highest BCUT2D eigenvalue weighted by Gasteiger charge is 2.43. The summed E-state index contributed by atoms with van der Waals surface area (Å²) in [7, 11) is 0. The molecule has 1 aliphatic carbocycles. The Morgan fingerprint density at radius 1 is 1.44 bits per heavy atom. The second kappa shape index (κ2) is 3.04. The van der Waals surface area contributed by atoms with E-state index in [4.69, 9.17) is 10.3 Å². The van der Waals surface area contributed by atoms with Crippen LogP contribution in [0.15, 0.2) is 23.0 Å². The molecule has 0 amide bonds. The lowest BCUT2D eigenvalue weighted by Crippen LogP contribution is -2.02. The van der Waals surface area contributed by atoms with Crippen molar-refractivity contribution >= 4 is 5.69 Å². The normalized spacial score (nSPS) is 17.3. The van der Waals surface area contributed by atoms with Crippen LogP contribution in [0.3, 0.4) is 0 Å². The van der Waals surface area contributed by atoms with Gasteiger partial charge >= 0.3 is 0 Å². The van der Waals surface area contributed by atoms with Crippen LogP contribution in [0.4, 0.5) is 5.69 Å². The van der Waals surface area contributed by atoms with Gasteiger partial charge in [0.25, 0.3) is 5.89 Å². The van der Waals surface area contributed by atoms with Crippen LogP contribution in [0.2, 0.25) is 0 Å². The van der Waals surface area contributed by atoms with E-state index in [1.165, 1.54) is 0 Å². The van der Waals surface area contributed by atoms with Crippen LogP contribution < -0.4 is 5.73 Å². The van der Waals surface area contributed by atoms with Crippen molar-refractivity contribution in [2.75, 3.05) is 5.73 Å². The lowest BCUT2D eigenvalue weighted by atomic mass is 10.1. The van der Waals surface area contributed by atoms with Crippen molar-refractivity contribution in [1.29, 1.82) is 0 Å². The molecule has 5 heteroatoms. The summed E-state index contributed by atoms with van der Waals surface area (Å²) in [4.78, 5) is 8.31. The number of hydrogen-bond acceptors (Lipinski definition) is 5. The molecular weight excluding hydrogens is 204 g/mol. The molecule has 0 bridgehead atoms. The standard InChI is InChI=1S/C11H12N4O/c1-11(3-4-11)10-14-9(16-15-10)7-2-5-13-6-8(7)12/h2,5-6H,3-4,12H2,1H3. The minimum absolute atomic E-state index is 0.115. The molecule has 5 nitrogen and oxygen atoms in total. The fourth-order valence-electron chi connectivity index (χ4n) is 1.59. The zero-order valence-corrected chi connectivity index (χ0v) is 8.97. The van der Waals surface area contributed by atoms with Crippen LogP contribution in [0.25, 0.3) is 11.5 Å². The lowest BCUT2D eigenvalue weighted by molar-refractivity contribution is 0.416. The summed E-state index contributed by atoms with van der Waals surface area (Å²) >= 11 is 0. The minimum Gasteiger partial charge on any atom is -0.397 e. The molecule has 1 saturated carbocycles. The van der Waals surface area contributed by atoms with E-state index in [9.17, 15) is 0 Å². The molecule has 3 rings (SSSR count). The average Bonchev–Trinajstić information content (AvgIpc) is 2.84. The van der Waals surface area contributed by atoms with E-state index in [2.05, 4.69) is 22.0 Å². The second-order valence-corrected chi connectivity index (χ2v) is 4.45. The first kappa shape index (κ1) is 9.33. The van der Waals surface area contributed by atoms with E-state index in [0.717, 1.165) is 24.2 Å². The summed E-state index contributed by atoms with van der Waals surface area (Å²) in [5, 5.41) is 4.01. The molecule has 16 heavy (non-hydrogen) atoms. The van der Waals surface area contributed by atoms with Gasteiger partial charge in [0.1, 0.15) is 0 Å². The van der Waals surface area contributed by atoms with Crippen LogP contribution >= 0.6 is 0 Å². The highest BCUT2D eigenvalue weighted by molar-refractivity contribution is 5.68. The number of aromatic nitrogens is 3. The molecule has 0 radical (unpaired) electrons. The van der Waals surface area contributed by atoms with Gasteiger partial charge in [-0.15, -0.1) is 0 Å². The molecule has 0 spiro atoms. The van der Waals surface area contributed by atoms with Crippen LogP contribution in [0, 0.1) is 0 Å². The third-order valence-electron chi connectivity index (χ3n) is 3.05. The monoisotopic (exact) mass is 216 g/mol. The third kappa shape index (κ3) is 1.36. The van der Waals surface area contributed by atoms with Crippen molar-refractivity contribution in [3.63, 3.8) is 0 Å². The first-order valence-electron chi connectivity index (χ1n) is 5.23. The summed E-state index contributed by atoms with van der Waals surface area (Å²) in [5.41, 5.74) is 7.21. The van der Waals surface area contributed by atoms with E-state index in [1.54, 1.807) is 18.5 Å². The van der Waals surface area contributed by atoms with Crippen molar-refractivity contribution in [3.8, 4) is 11.5 Å². The number of rotatable bonds is 2. The molecule has 0 atom stereocenters. The molecule has 0 unspecified atom stereocenters. The highest BCUT2D eigenvalue weighted by atomic mass is 16.5. The first-order chi connectivity index (χ1) is 7.69. The molecule has 0 aliphatic heterocycles. The fraction of sp³-hybridized carbons (Fsp3) is 0.364. The van der Waals surface area contributed by atoms with Crippen molar-refractivity contribution in [1.82, 2.24) is 15.1 Å². The van der Waals surface area contributed by atoms with Gasteiger partial charge in [0, 0.05) is 11.6 Å². The molecule has 2 aromatic rings. The number of pyridine rings is 1. The van der Waals surface area contributed by atoms with E-state index in [0.29, 0.717) is 11.6 Å². The van der Waals surface area contributed by atoms with Gasteiger partial charge in [0.2, 0.25) is 0 Å². The minimum atomic E-state index is 0.115. The topological polar surface area (TPSA) is 77.8 Å². The fourth-order valence-corrected chi connectivity index (χ4v) is 1.59. The van der Waals surface area contributed by atoms with Crippen LogP contribution in [-0.4, -0.2) is 15.1 Å². The number of anilines is 1. The maximum Gasteiger partial charge on any atom is 0.260 e. The van der Waals surface area contributed by atoms with Crippen molar-refractivity contribution < 1.29 is 4.52 Å². The Bertz CT molecular complexity index is 530. The van der Waals surface area contributed by atoms with Crippen LogP contribution in [0.5, 0.6) is 0 Å². The Morgan fingerprint density at radius 3 is 2.94 bits per heavy atom. The van der Waals surface area contributed by atoms with E-state index < -0.39 is 0 Å². The van der Waals surface area contributed by atoms with Gasteiger partial charge in [0.15, 0.2) is 5.82 Å². The van der Waals surface area contributed by atoms with E-state index in [-0.39, 0.29) is 5.41 Å². The maximum absolute atomic E-state index is 5.80. The SMILES string of the molecule is CC1(c2noc(-c3ccncc3N)n2)CC1. The van der Waals surface area contributed by atoms with Crippen molar-refractivity contribution in [2.24, 2.45) is 0 Å². The van der Waals surface area contributed by atoms with Crippen LogP contribution in [0.1, 0.15) is 25.6 Å². The van der Waals surface area contributed by atoms with Gasteiger partial charge in [-0.1, -0.05) is 12.1 Å². The summed E-state index contributed by atoms with van der Waals surface area (Å²) < 4.78 is 5.23. The predicted octanol–water partition coefficient (Wildman–Crippen LogP) is 1.77. The van der Waals surface area contributed by atoms with E-state index in [1.807, 2.05) is 0 Å². The quantitative estimate of drug-likeness (QED) is 0.827. The predicted molar refractivity (Wildman–Crippen MR) is 58.5 cm³/mol. The first-order valence-corrected chi connectivity index (χ1v) is 5.23. The van der Waals surface area contributed by atoms with Gasteiger partial charge in [-0.25, -0.2) is 0 Å². The molecule has 2 heterocycles. The Morgan fingerprint density at radius 2 is 2.25 bits per heavy atom. The number of nitrogens with two attached hydrogens (primary N) is 1. The Kier molecular flexibility index (Phi) is 1.77. The second-order valence-electron chi connectivity index (χ2n) is 4.45. The molecule has 0 saturated heterocycles. The largest absolute Gasteiger partial charge is 0.397 e. The molecular formula is C11H12N4O. The summed E-state index contributed by atoms with van der Waals surface area (Å²) in [6.07, 6.45) is 5.49. The van der Waals surface area contributed by atoms with Crippen molar-refractivity contribution in [2.45, 2.75) is 25.2 Å². The Labute approximate surface area is 92.7 Å². The molecule has 1 fully saturated rings. The number of hydrogen-bond donors (Lipinski definition) is 1. The van der Waals surface area contributed by atoms with E-state index >= 15 is 0 Å².